The number of rotatable bonds is 10. The minimum Gasteiger partial charge on any atom is -0.482 e. The Morgan fingerprint density at radius 1 is 0.750 bits per heavy atom. The van der Waals surface area contributed by atoms with E-state index in [1.165, 1.54) is 23.9 Å². The lowest BCUT2D eigenvalue weighted by Gasteiger charge is -2.36. The smallest absolute Gasteiger partial charge is 0.416 e. The number of fused-ring (bicyclic) bond motifs is 3. The van der Waals surface area contributed by atoms with E-state index < -0.39 is 17.7 Å². The maximum Gasteiger partial charge on any atom is 0.416 e. The van der Waals surface area contributed by atoms with Crippen molar-refractivity contribution >= 4 is 39.9 Å². The van der Waals surface area contributed by atoms with Gasteiger partial charge in [-0.2, -0.15) is 13.2 Å². The summed E-state index contributed by atoms with van der Waals surface area (Å²) in [6.07, 6.45) is -3.56. The van der Waals surface area contributed by atoms with Gasteiger partial charge < -0.3 is 19.3 Å². The van der Waals surface area contributed by atoms with Crippen LogP contribution in [0.4, 0.5) is 24.5 Å². The molecule has 6 nitrogen and oxygen atoms in total. The number of anilines is 2. The van der Waals surface area contributed by atoms with Crippen LogP contribution in [0.2, 0.25) is 0 Å². The zero-order valence-electron chi connectivity index (χ0n) is 24.3. The Balaban J connectivity index is 0.928. The van der Waals surface area contributed by atoms with Gasteiger partial charge in [-0.05, 0) is 66.2 Å². The number of alkyl halides is 3. The van der Waals surface area contributed by atoms with Crippen molar-refractivity contribution in [3.63, 3.8) is 0 Å². The summed E-state index contributed by atoms with van der Waals surface area (Å²) in [4.78, 5) is 20.8. The molecule has 2 aliphatic heterocycles. The predicted molar refractivity (Wildman–Crippen MR) is 167 cm³/mol. The molecule has 0 N–H and O–H groups in total. The highest BCUT2D eigenvalue weighted by Gasteiger charge is 2.33. The number of piperazine rings is 1. The van der Waals surface area contributed by atoms with Gasteiger partial charge in [0.1, 0.15) is 12.4 Å². The number of hydrogen-bond donors (Lipinski definition) is 0. The van der Waals surface area contributed by atoms with Gasteiger partial charge in [-0.1, -0.05) is 54.2 Å². The maximum atomic E-state index is 13.5. The fourth-order valence-corrected chi connectivity index (χ4v) is 6.74. The topological polar surface area (TPSA) is 45.3 Å². The van der Waals surface area contributed by atoms with Gasteiger partial charge in [0, 0.05) is 49.1 Å². The summed E-state index contributed by atoms with van der Waals surface area (Å²) in [5.74, 6) is 0.244. The Hall–Kier alpha value is -3.73. The van der Waals surface area contributed by atoms with E-state index in [1.54, 1.807) is 6.07 Å². The zero-order valence-corrected chi connectivity index (χ0v) is 25.1. The number of para-hydroxylation sites is 1. The first kappa shape index (κ1) is 30.3. The minimum atomic E-state index is -4.38. The molecule has 0 saturated carbocycles. The normalized spacial score (nSPS) is 15.6. The maximum absolute atomic E-state index is 13.5. The van der Waals surface area contributed by atoms with Crippen LogP contribution in [0.15, 0.2) is 94.7 Å². The molecule has 0 aliphatic carbocycles. The highest BCUT2D eigenvalue weighted by molar-refractivity contribution is 7.99. The van der Waals surface area contributed by atoms with Crippen LogP contribution in [-0.4, -0.2) is 74.8 Å². The highest BCUT2D eigenvalue weighted by Crippen LogP contribution is 2.49. The molecule has 0 atom stereocenters. The van der Waals surface area contributed by atoms with Crippen molar-refractivity contribution in [1.82, 2.24) is 9.80 Å². The second kappa shape index (κ2) is 13.5. The van der Waals surface area contributed by atoms with Crippen molar-refractivity contribution in [2.45, 2.75) is 22.4 Å². The van der Waals surface area contributed by atoms with Crippen LogP contribution in [0.3, 0.4) is 0 Å². The van der Waals surface area contributed by atoms with E-state index in [1.807, 2.05) is 71.6 Å². The lowest BCUT2D eigenvalue weighted by molar-refractivity contribution is -0.146. The second-order valence-electron chi connectivity index (χ2n) is 11.0. The summed E-state index contributed by atoms with van der Waals surface area (Å²) in [5, 5.41) is 2.17. The molecule has 10 heteroatoms. The van der Waals surface area contributed by atoms with E-state index in [0.717, 1.165) is 65.4 Å². The number of esters is 1. The second-order valence-corrected chi connectivity index (χ2v) is 12.0. The first-order chi connectivity index (χ1) is 21.3. The summed E-state index contributed by atoms with van der Waals surface area (Å²) in [6.45, 7) is 5.84. The first-order valence-electron chi connectivity index (χ1n) is 14.8. The number of halogens is 3. The zero-order chi connectivity index (χ0) is 30.5. The van der Waals surface area contributed by atoms with Crippen molar-refractivity contribution in [1.29, 1.82) is 0 Å². The van der Waals surface area contributed by atoms with Crippen LogP contribution >= 0.6 is 11.8 Å². The summed E-state index contributed by atoms with van der Waals surface area (Å²) >= 11 is 1.51. The van der Waals surface area contributed by atoms with E-state index in [-0.39, 0.29) is 6.61 Å². The van der Waals surface area contributed by atoms with Crippen molar-refractivity contribution < 1.29 is 27.4 Å². The third-order valence-corrected chi connectivity index (χ3v) is 9.15. The SMILES string of the molecule is O=C(COc1ccc2ccccc2c1)OCCN1CCN(CCCN2c3ccccc3Sc3ccc(C(F)(F)F)cc32)CC1. The molecule has 1 saturated heterocycles. The fourth-order valence-electron chi connectivity index (χ4n) is 5.67. The van der Waals surface area contributed by atoms with Gasteiger partial charge in [0.15, 0.2) is 6.61 Å². The number of carbonyl (C=O) groups is 1. The highest BCUT2D eigenvalue weighted by atomic mass is 32.2. The number of nitrogens with zero attached hydrogens (tertiary/aromatic N) is 3. The molecule has 0 spiro atoms. The van der Waals surface area contributed by atoms with Gasteiger partial charge in [0.05, 0.1) is 16.9 Å². The van der Waals surface area contributed by atoms with Crippen LogP contribution < -0.4 is 9.64 Å². The van der Waals surface area contributed by atoms with Gasteiger partial charge >= 0.3 is 12.1 Å². The van der Waals surface area contributed by atoms with Gasteiger partial charge in [0.2, 0.25) is 0 Å². The van der Waals surface area contributed by atoms with Gasteiger partial charge in [-0.25, -0.2) is 4.79 Å². The van der Waals surface area contributed by atoms with Gasteiger partial charge in [0.25, 0.3) is 0 Å². The summed E-state index contributed by atoms with van der Waals surface area (Å²) < 4.78 is 51.5. The molecular weight excluding hydrogens is 587 g/mol. The molecule has 230 valence electrons. The number of hydrogen-bond acceptors (Lipinski definition) is 7. The van der Waals surface area contributed by atoms with E-state index in [4.69, 9.17) is 9.47 Å². The lowest BCUT2D eigenvalue weighted by Crippen LogP contribution is -2.47. The van der Waals surface area contributed by atoms with Crippen LogP contribution in [0, 0.1) is 0 Å². The number of carbonyl (C=O) groups excluding carboxylic acids is 1. The summed E-state index contributed by atoms with van der Waals surface area (Å²) in [7, 11) is 0. The minimum absolute atomic E-state index is 0.131. The first-order valence-corrected chi connectivity index (χ1v) is 15.6. The van der Waals surface area contributed by atoms with Crippen LogP contribution in [-0.2, 0) is 15.7 Å². The Morgan fingerprint density at radius 2 is 1.45 bits per heavy atom. The average molecular weight is 622 g/mol. The van der Waals surface area contributed by atoms with E-state index in [9.17, 15) is 18.0 Å². The molecule has 0 aromatic heterocycles. The Labute approximate surface area is 259 Å². The molecule has 0 unspecified atom stereocenters. The largest absolute Gasteiger partial charge is 0.482 e. The molecule has 1 fully saturated rings. The predicted octanol–water partition coefficient (Wildman–Crippen LogP) is 7.09. The van der Waals surface area contributed by atoms with E-state index in [2.05, 4.69) is 9.80 Å². The van der Waals surface area contributed by atoms with Crippen LogP contribution in [0.1, 0.15) is 12.0 Å². The third-order valence-electron chi connectivity index (χ3n) is 8.02. The molecule has 2 aliphatic rings. The van der Waals surface area contributed by atoms with Crippen molar-refractivity contribution in [3.8, 4) is 5.75 Å². The van der Waals surface area contributed by atoms with E-state index in [0.29, 0.717) is 31.1 Å². The molecule has 0 amide bonds. The number of ether oxygens (including phenoxy) is 2. The standard InChI is InChI=1S/C34H34F3N3O3S/c35-34(36,37)27-11-13-32-30(23-27)40(29-8-3-4-9-31(29)44-32)15-5-14-38-16-18-39(19-17-38)20-21-42-33(41)24-43-28-12-10-25-6-1-2-7-26(25)22-28/h1-4,6-13,22-23H,5,14-21,24H2. The molecular formula is C34H34F3N3O3S. The third kappa shape index (κ3) is 7.31. The quantitative estimate of drug-likeness (QED) is 0.175. The van der Waals surface area contributed by atoms with Gasteiger partial charge in [-0.3, -0.25) is 4.90 Å². The molecule has 4 aromatic rings. The molecule has 4 aromatic carbocycles. The summed E-state index contributed by atoms with van der Waals surface area (Å²) in [5.41, 5.74) is 0.942. The lowest BCUT2D eigenvalue weighted by atomic mass is 10.1. The van der Waals surface area contributed by atoms with Crippen LogP contribution in [0.25, 0.3) is 10.8 Å². The van der Waals surface area contributed by atoms with Crippen molar-refractivity contribution in [2.24, 2.45) is 0 Å². The Bertz CT molecular complexity index is 1610. The Morgan fingerprint density at radius 3 is 2.25 bits per heavy atom. The molecule has 44 heavy (non-hydrogen) atoms. The average Bonchev–Trinajstić information content (AvgIpc) is 3.03. The number of benzene rings is 4. The van der Waals surface area contributed by atoms with E-state index >= 15 is 0 Å². The molecule has 0 bridgehead atoms. The Kier molecular flexibility index (Phi) is 9.30. The molecule has 0 radical (unpaired) electrons. The molecule has 6 rings (SSSR count). The van der Waals surface area contributed by atoms with Crippen molar-refractivity contribution in [2.75, 3.05) is 63.9 Å². The van der Waals surface area contributed by atoms with Crippen LogP contribution in [0.5, 0.6) is 5.75 Å². The molecule has 2 heterocycles. The summed E-state index contributed by atoms with van der Waals surface area (Å²) in [6, 6.07) is 25.6. The monoisotopic (exact) mass is 621 g/mol. The van der Waals surface area contributed by atoms with Gasteiger partial charge in [-0.15, -0.1) is 0 Å². The van der Waals surface area contributed by atoms with Crippen molar-refractivity contribution in [3.05, 3.63) is 90.5 Å². The fraction of sp³-hybridized carbons (Fsp3) is 0.324.